The van der Waals surface area contributed by atoms with Crippen LogP contribution in [-0.2, 0) is 27.4 Å². The summed E-state index contributed by atoms with van der Waals surface area (Å²) in [4.78, 5) is 25.2. The van der Waals surface area contributed by atoms with E-state index in [1.54, 1.807) is 0 Å². The molecule has 1 heterocycles. The number of halogens is 3. The molecular weight excluding hydrogens is 481 g/mol. The molecule has 0 radical (unpaired) electrons. The fourth-order valence-electron chi connectivity index (χ4n) is 4.10. The number of carbonyl (C=O) groups is 2. The Kier molecular flexibility index (Phi) is 6.42. The number of aldehydes is 1. The van der Waals surface area contributed by atoms with E-state index in [0.717, 1.165) is 24.0 Å². The van der Waals surface area contributed by atoms with Crippen molar-refractivity contribution < 1.29 is 31.2 Å². The van der Waals surface area contributed by atoms with Gasteiger partial charge in [-0.3, -0.25) is 9.52 Å². The highest BCUT2D eigenvalue weighted by Gasteiger charge is 2.45. The Bertz CT molecular complexity index is 1340. The monoisotopic (exact) mass is 502 g/mol. The number of nitrogens with zero attached hydrogens (tertiary/aromatic N) is 1. The van der Waals surface area contributed by atoms with Crippen LogP contribution in [-0.4, -0.2) is 38.6 Å². The standard InChI is InChI=1S/C25H21F3N2O4S/c26-25(27,28)21-8-4-5-9-22(21)35(33,34)29-20-12-10-19(11-13-20)23(32)30-15-24(16-30,17-31)14-18-6-2-1-3-7-18/h1-13,17,29H,14-16H2. The van der Waals surface area contributed by atoms with Gasteiger partial charge in [0.2, 0.25) is 0 Å². The van der Waals surface area contributed by atoms with Crippen LogP contribution in [0.4, 0.5) is 18.9 Å². The zero-order valence-electron chi connectivity index (χ0n) is 18.3. The minimum atomic E-state index is -4.84. The number of sulfonamides is 1. The molecule has 182 valence electrons. The van der Waals surface area contributed by atoms with Crippen molar-refractivity contribution in [1.29, 1.82) is 0 Å². The van der Waals surface area contributed by atoms with E-state index in [9.17, 15) is 31.2 Å². The lowest BCUT2D eigenvalue weighted by Crippen LogP contribution is -2.60. The molecule has 6 nitrogen and oxygen atoms in total. The lowest BCUT2D eigenvalue weighted by Gasteiger charge is -2.47. The summed E-state index contributed by atoms with van der Waals surface area (Å²) in [6.07, 6.45) is -3.45. The van der Waals surface area contributed by atoms with E-state index in [2.05, 4.69) is 4.72 Å². The first-order chi connectivity index (χ1) is 16.5. The molecule has 0 bridgehead atoms. The Morgan fingerprint density at radius 2 is 1.54 bits per heavy atom. The van der Waals surface area contributed by atoms with E-state index in [-0.39, 0.29) is 30.2 Å². The number of hydrogen-bond donors (Lipinski definition) is 1. The summed E-state index contributed by atoms with van der Waals surface area (Å²) in [5, 5.41) is 0. The van der Waals surface area contributed by atoms with E-state index in [1.165, 1.54) is 35.2 Å². The molecule has 1 amide bonds. The summed E-state index contributed by atoms with van der Waals surface area (Å²) < 4.78 is 67.0. The largest absolute Gasteiger partial charge is 0.417 e. The van der Waals surface area contributed by atoms with E-state index in [0.29, 0.717) is 12.5 Å². The molecule has 35 heavy (non-hydrogen) atoms. The summed E-state index contributed by atoms with van der Waals surface area (Å²) in [6.45, 7) is 0.514. The maximum Gasteiger partial charge on any atom is 0.417 e. The van der Waals surface area contributed by atoms with Gasteiger partial charge in [0.15, 0.2) is 0 Å². The van der Waals surface area contributed by atoms with Gasteiger partial charge in [-0.15, -0.1) is 0 Å². The van der Waals surface area contributed by atoms with Crippen LogP contribution in [0.2, 0.25) is 0 Å². The van der Waals surface area contributed by atoms with Crippen molar-refractivity contribution in [3.8, 4) is 0 Å². The number of anilines is 1. The molecule has 0 atom stereocenters. The van der Waals surface area contributed by atoms with E-state index >= 15 is 0 Å². The number of nitrogens with one attached hydrogen (secondary N) is 1. The summed E-state index contributed by atoms with van der Waals surface area (Å²) in [7, 11) is -4.52. The number of benzene rings is 3. The number of likely N-dealkylation sites (tertiary alicyclic amines) is 1. The number of hydrogen-bond acceptors (Lipinski definition) is 4. The van der Waals surface area contributed by atoms with Crippen LogP contribution in [0.5, 0.6) is 0 Å². The average Bonchev–Trinajstić information content (AvgIpc) is 2.81. The first kappa shape index (κ1) is 24.5. The number of carbonyl (C=O) groups excluding carboxylic acids is 2. The molecule has 1 saturated heterocycles. The first-order valence-corrected chi connectivity index (χ1v) is 12.1. The van der Waals surface area contributed by atoms with E-state index in [1.807, 2.05) is 30.3 Å². The topological polar surface area (TPSA) is 83.6 Å². The van der Waals surface area contributed by atoms with Crippen molar-refractivity contribution in [1.82, 2.24) is 4.90 Å². The van der Waals surface area contributed by atoms with Crippen molar-refractivity contribution in [2.75, 3.05) is 17.8 Å². The van der Waals surface area contributed by atoms with Gasteiger partial charge in [-0.25, -0.2) is 8.42 Å². The first-order valence-electron chi connectivity index (χ1n) is 10.6. The van der Waals surface area contributed by atoms with Gasteiger partial charge >= 0.3 is 6.18 Å². The zero-order chi connectivity index (χ0) is 25.3. The second-order valence-corrected chi connectivity index (χ2v) is 10.1. The van der Waals surface area contributed by atoms with Crippen LogP contribution in [0.15, 0.2) is 83.8 Å². The van der Waals surface area contributed by atoms with Crippen molar-refractivity contribution in [2.45, 2.75) is 17.5 Å². The Balaban J connectivity index is 1.44. The molecule has 3 aromatic carbocycles. The molecule has 1 aliphatic heterocycles. The van der Waals surface area contributed by atoms with E-state index < -0.39 is 32.1 Å². The Morgan fingerprint density at radius 1 is 0.943 bits per heavy atom. The van der Waals surface area contributed by atoms with Gasteiger partial charge in [0.1, 0.15) is 6.29 Å². The molecule has 10 heteroatoms. The van der Waals surface area contributed by atoms with Gasteiger partial charge in [-0.2, -0.15) is 13.2 Å². The molecule has 0 aliphatic carbocycles. The number of alkyl halides is 3. The number of amides is 1. The van der Waals surface area contributed by atoms with Gasteiger partial charge in [-0.05, 0) is 48.4 Å². The maximum absolute atomic E-state index is 13.2. The minimum absolute atomic E-state index is 0.00783. The minimum Gasteiger partial charge on any atom is -0.336 e. The van der Waals surface area contributed by atoms with Gasteiger partial charge in [-0.1, -0.05) is 42.5 Å². The summed E-state index contributed by atoms with van der Waals surface area (Å²) in [6, 6.07) is 18.7. The fraction of sp³-hybridized carbons (Fsp3) is 0.200. The van der Waals surface area contributed by atoms with Gasteiger partial charge in [0.05, 0.1) is 15.9 Å². The highest BCUT2D eigenvalue weighted by Crippen LogP contribution is 2.35. The van der Waals surface area contributed by atoms with Crippen molar-refractivity contribution in [3.05, 3.63) is 95.6 Å². The van der Waals surface area contributed by atoms with Crippen molar-refractivity contribution >= 4 is 27.9 Å². The van der Waals surface area contributed by atoms with Gasteiger partial charge < -0.3 is 9.69 Å². The quantitative estimate of drug-likeness (QED) is 0.486. The highest BCUT2D eigenvalue weighted by molar-refractivity contribution is 7.92. The lowest BCUT2D eigenvalue weighted by molar-refractivity contribution is -0.139. The van der Waals surface area contributed by atoms with Crippen LogP contribution in [0.25, 0.3) is 0 Å². The Labute approximate surface area is 200 Å². The molecule has 0 aromatic heterocycles. The maximum atomic E-state index is 13.2. The summed E-state index contributed by atoms with van der Waals surface area (Å²) in [5.41, 5.74) is -0.656. The SMILES string of the molecule is O=CC1(Cc2ccccc2)CN(C(=O)c2ccc(NS(=O)(=O)c3ccccc3C(F)(F)F)cc2)C1. The third-order valence-electron chi connectivity index (χ3n) is 5.81. The number of rotatable bonds is 7. The van der Waals surface area contributed by atoms with Gasteiger partial charge in [0.25, 0.3) is 15.9 Å². The summed E-state index contributed by atoms with van der Waals surface area (Å²) >= 11 is 0. The van der Waals surface area contributed by atoms with Crippen LogP contribution in [0.1, 0.15) is 21.5 Å². The molecule has 4 rings (SSSR count). The molecule has 1 N–H and O–H groups in total. The Hall–Kier alpha value is -3.66. The molecule has 1 aliphatic rings. The predicted octanol–water partition coefficient (Wildman–Crippen LogP) is 4.39. The second-order valence-electron chi connectivity index (χ2n) is 8.48. The zero-order valence-corrected chi connectivity index (χ0v) is 19.1. The molecular formula is C25H21F3N2O4S. The fourth-order valence-corrected chi connectivity index (χ4v) is 5.38. The van der Waals surface area contributed by atoms with Crippen LogP contribution in [0.3, 0.4) is 0 Å². The highest BCUT2D eigenvalue weighted by atomic mass is 32.2. The normalized spacial score (nSPS) is 15.2. The molecule has 0 saturated carbocycles. The summed E-state index contributed by atoms with van der Waals surface area (Å²) in [5.74, 6) is -0.327. The lowest BCUT2D eigenvalue weighted by atomic mass is 9.76. The Morgan fingerprint density at radius 3 is 2.14 bits per heavy atom. The third kappa shape index (κ3) is 5.22. The predicted molar refractivity (Wildman–Crippen MR) is 123 cm³/mol. The molecule has 3 aromatic rings. The smallest absolute Gasteiger partial charge is 0.336 e. The molecule has 0 unspecified atom stereocenters. The van der Waals surface area contributed by atoms with Gasteiger partial charge in [0, 0.05) is 24.3 Å². The molecule has 0 spiro atoms. The average molecular weight is 503 g/mol. The van der Waals surface area contributed by atoms with Crippen molar-refractivity contribution in [2.24, 2.45) is 5.41 Å². The third-order valence-corrected chi connectivity index (χ3v) is 7.25. The van der Waals surface area contributed by atoms with Crippen LogP contribution < -0.4 is 4.72 Å². The second kappa shape index (κ2) is 9.18. The van der Waals surface area contributed by atoms with Crippen LogP contribution >= 0.6 is 0 Å². The van der Waals surface area contributed by atoms with E-state index in [4.69, 9.17) is 0 Å². The van der Waals surface area contributed by atoms with Crippen molar-refractivity contribution in [3.63, 3.8) is 0 Å². The van der Waals surface area contributed by atoms with Crippen LogP contribution in [0, 0.1) is 5.41 Å². The molecule has 1 fully saturated rings.